The molecule has 0 unspecified atom stereocenters. The van der Waals surface area contributed by atoms with Gasteiger partial charge < -0.3 is 5.32 Å². The number of aryl methyl sites for hydroxylation is 1. The zero-order chi connectivity index (χ0) is 19.9. The third-order valence-corrected chi connectivity index (χ3v) is 7.56. The molecular weight excluding hydrogens is 396 g/mol. The number of benzene rings is 2. The summed E-state index contributed by atoms with van der Waals surface area (Å²) < 4.78 is 27.5. The summed E-state index contributed by atoms with van der Waals surface area (Å²) in [4.78, 5) is 12.8. The van der Waals surface area contributed by atoms with Gasteiger partial charge in [0.2, 0.25) is 0 Å². The van der Waals surface area contributed by atoms with Crippen LogP contribution in [-0.2, 0) is 10.0 Å². The van der Waals surface area contributed by atoms with E-state index in [0.717, 1.165) is 17.9 Å². The number of amides is 1. The van der Waals surface area contributed by atoms with E-state index in [1.807, 2.05) is 6.92 Å². The maximum atomic E-state index is 12.6. The summed E-state index contributed by atoms with van der Waals surface area (Å²) in [6, 6.07) is 11.4. The van der Waals surface area contributed by atoms with Gasteiger partial charge in [-0.2, -0.15) is 0 Å². The highest BCUT2D eigenvalue weighted by Gasteiger charge is 2.40. The second-order valence-electron chi connectivity index (χ2n) is 7.87. The normalized spacial score (nSPS) is 23.6. The number of rotatable bonds is 5. The summed E-state index contributed by atoms with van der Waals surface area (Å²) in [7, 11) is -3.71. The summed E-state index contributed by atoms with van der Waals surface area (Å²) in [6.07, 6.45) is 4.71. The van der Waals surface area contributed by atoms with E-state index in [2.05, 4.69) is 10.0 Å². The van der Waals surface area contributed by atoms with Crippen LogP contribution in [0.15, 0.2) is 47.4 Å². The Bertz CT molecular complexity index is 1000. The molecule has 5 nitrogen and oxygen atoms in total. The molecule has 2 aliphatic rings. The van der Waals surface area contributed by atoms with Crippen molar-refractivity contribution in [2.75, 3.05) is 4.72 Å². The highest BCUT2D eigenvalue weighted by molar-refractivity contribution is 7.92. The number of sulfonamides is 1. The first kappa shape index (κ1) is 19.3. The standard InChI is InChI=1S/C21H23ClN2O3S/c1-13-2-7-17(8-3-13)28(26,27)24-16-6-9-18(19(22)12-16)21(25)23-20-11-14-4-5-15(20)10-14/h2-3,6-9,12,14-15,20,24H,4-5,10-11H2,1H3,(H,23,25)/t14-,15+,20+/m0/s1. The van der Waals surface area contributed by atoms with Crippen molar-refractivity contribution in [1.82, 2.24) is 5.32 Å². The SMILES string of the molecule is Cc1ccc(S(=O)(=O)Nc2ccc(C(=O)N[C@@H]3C[C@H]4CC[C@@H]3C4)c(Cl)c2)cc1. The lowest BCUT2D eigenvalue weighted by Gasteiger charge is -2.23. The molecule has 2 aliphatic carbocycles. The fraction of sp³-hybridized carbons (Fsp3) is 0.381. The Balaban J connectivity index is 1.46. The Kier molecular flexibility index (Phi) is 5.10. The van der Waals surface area contributed by atoms with Crippen LogP contribution in [0.1, 0.15) is 41.6 Å². The third-order valence-electron chi connectivity index (χ3n) is 5.85. The fourth-order valence-electron chi connectivity index (χ4n) is 4.36. The van der Waals surface area contributed by atoms with Gasteiger partial charge in [0.05, 0.1) is 21.2 Å². The molecule has 28 heavy (non-hydrogen) atoms. The maximum absolute atomic E-state index is 12.6. The van der Waals surface area contributed by atoms with E-state index in [4.69, 9.17) is 11.6 Å². The Labute approximate surface area is 170 Å². The molecule has 4 rings (SSSR count). The topological polar surface area (TPSA) is 75.3 Å². The zero-order valence-corrected chi connectivity index (χ0v) is 17.2. The first-order chi connectivity index (χ1) is 13.3. The molecule has 2 N–H and O–H groups in total. The van der Waals surface area contributed by atoms with Gasteiger partial charge >= 0.3 is 0 Å². The zero-order valence-electron chi connectivity index (χ0n) is 15.6. The van der Waals surface area contributed by atoms with E-state index in [1.54, 1.807) is 36.4 Å². The summed E-state index contributed by atoms with van der Waals surface area (Å²) in [5, 5.41) is 3.33. The van der Waals surface area contributed by atoms with E-state index in [0.29, 0.717) is 17.2 Å². The van der Waals surface area contributed by atoms with Crippen LogP contribution in [0.2, 0.25) is 5.02 Å². The molecule has 2 saturated carbocycles. The highest BCUT2D eigenvalue weighted by atomic mass is 35.5. The number of fused-ring (bicyclic) bond motifs is 2. The molecule has 0 aliphatic heterocycles. The summed E-state index contributed by atoms with van der Waals surface area (Å²) in [5.41, 5.74) is 1.66. The number of hydrogen-bond acceptors (Lipinski definition) is 3. The molecule has 0 saturated heterocycles. The van der Waals surface area contributed by atoms with Gasteiger partial charge in [0.1, 0.15) is 0 Å². The predicted molar refractivity (Wildman–Crippen MR) is 110 cm³/mol. The molecule has 0 spiro atoms. The molecule has 2 aromatic carbocycles. The van der Waals surface area contributed by atoms with Crippen molar-refractivity contribution in [2.45, 2.75) is 43.5 Å². The third kappa shape index (κ3) is 3.89. The van der Waals surface area contributed by atoms with Crippen LogP contribution in [-0.4, -0.2) is 20.4 Å². The fourth-order valence-corrected chi connectivity index (χ4v) is 5.68. The van der Waals surface area contributed by atoms with Crippen LogP contribution in [0.5, 0.6) is 0 Å². The number of anilines is 1. The molecule has 0 aromatic heterocycles. The van der Waals surface area contributed by atoms with Gasteiger partial charge in [-0.15, -0.1) is 0 Å². The predicted octanol–water partition coefficient (Wildman–Crippen LogP) is 4.37. The average molecular weight is 419 g/mol. The van der Waals surface area contributed by atoms with Crippen molar-refractivity contribution < 1.29 is 13.2 Å². The Hall–Kier alpha value is -2.05. The van der Waals surface area contributed by atoms with Gasteiger partial charge in [-0.1, -0.05) is 35.7 Å². The molecule has 2 fully saturated rings. The average Bonchev–Trinajstić information content (AvgIpc) is 3.24. The second-order valence-corrected chi connectivity index (χ2v) is 9.96. The summed E-state index contributed by atoms with van der Waals surface area (Å²) in [6.45, 7) is 1.89. The molecule has 0 radical (unpaired) electrons. The van der Waals surface area contributed by atoms with Crippen molar-refractivity contribution >= 4 is 33.2 Å². The molecule has 1 amide bonds. The molecule has 0 heterocycles. The molecular formula is C21H23ClN2O3S. The van der Waals surface area contributed by atoms with Crippen LogP contribution in [0.25, 0.3) is 0 Å². The van der Waals surface area contributed by atoms with Crippen molar-refractivity contribution in [3.8, 4) is 0 Å². The van der Waals surface area contributed by atoms with Gasteiger partial charge in [-0.25, -0.2) is 8.42 Å². The van der Waals surface area contributed by atoms with Crippen LogP contribution in [0.4, 0.5) is 5.69 Å². The van der Waals surface area contributed by atoms with Gasteiger partial charge in [0.25, 0.3) is 15.9 Å². The Morgan fingerprint density at radius 3 is 2.43 bits per heavy atom. The number of halogens is 1. The first-order valence-electron chi connectivity index (χ1n) is 9.52. The van der Waals surface area contributed by atoms with Gasteiger partial charge in [-0.3, -0.25) is 9.52 Å². The minimum Gasteiger partial charge on any atom is -0.349 e. The van der Waals surface area contributed by atoms with E-state index in [9.17, 15) is 13.2 Å². The van der Waals surface area contributed by atoms with Crippen LogP contribution < -0.4 is 10.0 Å². The van der Waals surface area contributed by atoms with Gasteiger partial charge in [0.15, 0.2) is 0 Å². The summed E-state index contributed by atoms with van der Waals surface area (Å²) >= 11 is 6.29. The Morgan fingerprint density at radius 2 is 1.82 bits per heavy atom. The van der Waals surface area contributed by atoms with E-state index < -0.39 is 10.0 Å². The highest BCUT2D eigenvalue weighted by Crippen LogP contribution is 2.44. The molecule has 7 heteroatoms. The molecule has 2 bridgehead atoms. The lowest BCUT2D eigenvalue weighted by Crippen LogP contribution is -2.38. The minimum atomic E-state index is -3.71. The number of nitrogens with one attached hydrogen (secondary N) is 2. The largest absolute Gasteiger partial charge is 0.349 e. The van der Waals surface area contributed by atoms with Crippen LogP contribution in [0, 0.1) is 18.8 Å². The quantitative estimate of drug-likeness (QED) is 0.757. The van der Waals surface area contributed by atoms with Crippen LogP contribution in [0.3, 0.4) is 0 Å². The van der Waals surface area contributed by atoms with E-state index in [1.165, 1.54) is 25.3 Å². The second kappa shape index (κ2) is 7.41. The monoisotopic (exact) mass is 418 g/mol. The molecule has 3 atom stereocenters. The van der Waals surface area contributed by atoms with Crippen molar-refractivity contribution in [3.05, 3.63) is 58.6 Å². The van der Waals surface area contributed by atoms with Crippen molar-refractivity contribution in [2.24, 2.45) is 11.8 Å². The Morgan fingerprint density at radius 1 is 1.07 bits per heavy atom. The van der Waals surface area contributed by atoms with Gasteiger partial charge in [-0.05, 0) is 68.4 Å². The minimum absolute atomic E-state index is 0.173. The van der Waals surface area contributed by atoms with Crippen molar-refractivity contribution in [1.29, 1.82) is 0 Å². The first-order valence-corrected chi connectivity index (χ1v) is 11.4. The lowest BCUT2D eigenvalue weighted by atomic mass is 9.95. The summed E-state index contributed by atoms with van der Waals surface area (Å²) in [5.74, 6) is 1.12. The van der Waals surface area contributed by atoms with Crippen LogP contribution >= 0.6 is 11.6 Å². The van der Waals surface area contributed by atoms with E-state index in [-0.39, 0.29) is 21.9 Å². The van der Waals surface area contributed by atoms with Crippen molar-refractivity contribution in [3.63, 3.8) is 0 Å². The lowest BCUT2D eigenvalue weighted by molar-refractivity contribution is 0.0923. The smallest absolute Gasteiger partial charge is 0.261 e. The number of hydrogen-bond donors (Lipinski definition) is 2. The number of carbonyl (C=O) groups excluding carboxylic acids is 1. The molecule has 148 valence electrons. The molecule has 2 aromatic rings. The van der Waals surface area contributed by atoms with E-state index >= 15 is 0 Å². The maximum Gasteiger partial charge on any atom is 0.261 e. The number of carbonyl (C=O) groups is 1. The van der Waals surface area contributed by atoms with Gasteiger partial charge in [0, 0.05) is 6.04 Å².